The molecule has 5 heteroatoms. The van der Waals surface area contributed by atoms with Crippen LogP contribution in [0.25, 0.3) is 0 Å². The predicted octanol–water partition coefficient (Wildman–Crippen LogP) is 0.116. The summed E-state index contributed by atoms with van der Waals surface area (Å²) in [4.78, 5) is 23.3. The van der Waals surface area contributed by atoms with Crippen molar-refractivity contribution >= 4 is 0 Å². The van der Waals surface area contributed by atoms with Crippen molar-refractivity contribution in [3.63, 3.8) is 0 Å². The summed E-state index contributed by atoms with van der Waals surface area (Å²) in [6.45, 7) is 2.74. The molecule has 0 radical (unpaired) electrons. The molecule has 0 saturated heterocycles. The van der Waals surface area contributed by atoms with Crippen molar-refractivity contribution in [2.75, 3.05) is 0 Å². The number of aromatic nitrogens is 2. The van der Waals surface area contributed by atoms with E-state index in [1.807, 2.05) is 0 Å². The van der Waals surface area contributed by atoms with E-state index < -0.39 is 0 Å². The van der Waals surface area contributed by atoms with Gasteiger partial charge in [-0.15, -0.1) is 0 Å². The van der Waals surface area contributed by atoms with Crippen LogP contribution in [-0.2, 0) is 20.6 Å². The Bertz CT molecular complexity index is 538. The normalized spacial score (nSPS) is 17.8. The fourth-order valence-corrected chi connectivity index (χ4v) is 2.14. The van der Waals surface area contributed by atoms with Crippen LogP contribution >= 0.6 is 0 Å². The van der Waals surface area contributed by atoms with Crippen LogP contribution in [0, 0.1) is 0 Å². The Labute approximate surface area is 100 Å². The Balaban J connectivity index is 2.22. The summed E-state index contributed by atoms with van der Waals surface area (Å²) in [5.74, 6) is 0. The average molecular weight is 237 g/mol. The lowest BCUT2D eigenvalue weighted by Crippen LogP contribution is -2.48. The largest absolute Gasteiger partial charge is 0.330 e. The third-order valence-corrected chi connectivity index (χ3v) is 3.78. The molecular formula is C12H19N3O2. The first kappa shape index (κ1) is 12.1. The fourth-order valence-electron chi connectivity index (χ4n) is 2.14. The van der Waals surface area contributed by atoms with E-state index >= 15 is 0 Å². The molecule has 0 spiro atoms. The monoisotopic (exact) mass is 237 g/mol. The Morgan fingerprint density at radius 2 is 1.94 bits per heavy atom. The zero-order valence-electron chi connectivity index (χ0n) is 10.6. The zero-order chi connectivity index (χ0) is 12.6. The maximum absolute atomic E-state index is 11.7. The molecule has 1 N–H and O–H groups in total. The van der Waals surface area contributed by atoms with Crippen molar-refractivity contribution in [2.45, 2.75) is 38.3 Å². The van der Waals surface area contributed by atoms with E-state index in [2.05, 4.69) is 12.2 Å². The third-order valence-electron chi connectivity index (χ3n) is 3.78. The summed E-state index contributed by atoms with van der Waals surface area (Å²) in [7, 11) is 3.19. The predicted molar refractivity (Wildman–Crippen MR) is 66.0 cm³/mol. The molecule has 0 bridgehead atoms. The Hall–Kier alpha value is -1.36. The first-order valence-corrected chi connectivity index (χ1v) is 5.94. The van der Waals surface area contributed by atoms with Crippen LogP contribution < -0.4 is 16.6 Å². The molecule has 2 rings (SSSR count). The van der Waals surface area contributed by atoms with Crippen LogP contribution in [0.5, 0.6) is 0 Å². The quantitative estimate of drug-likeness (QED) is 0.812. The standard InChI is InChI=1S/C12H19N3O2/c1-12(5-4-6-12)13-8-9-7-10(16)15(3)11(17)14(9)2/h7,13H,4-6,8H2,1-3H3. The van der Waals surface area contributed by atoms with Crippen LogP contribution in [0.2, 0.25) is 0 Å². The molecule has 5 nitrogen and oxygen atoms in total. The highest BCUT2D eigenvalue weighted by Crippen LogP contribution is 2.30. The first-order chi connectivity index (χ1) is 7.93. The van der Waals surface area contributed by atoms with Gasteiger partial charge in [0.15, 0.2) is 0 Å². The molecule has 0 unspecified atom stereocenters. The van der Waals surface area contributed by atoms with Gasteiger partial charge in [0.25, 0.3) is 5.56 Å². The highest BCUT2D eigenvalue weighted by atomic mass is 16.2. The van der Waals surface area contributed by atoms with Crippen LogP contribution in [0.15, 0.2) is 15.7 Å². The number of nitrogens with zero attached hydrogens (tertiary/aromatic N) is 2. The summed E-state index contributed by atoms with van der Waals surface area (Å²) < 4.78 is 2.64. The minimum atomic E-state index is -0.270. The molecule has 0 aliphatic heterocycles. The van der Waals surface area contributed by atoms with Crippen LogP contribution in [0.3, 0.4) is 0 Å². The van der Waals surface area contributed by atoms with Gasteiger partial charge in [-0.25, -0.2) is 4.79 Å². The van der Waals surface area contributed by atoms with Gasteiger partial charge in [-0.1, -0.05) is 0 Å². The molecule has 1 saturated carbocycles. The average Bonchev–Trinajstić information content (AvgIpc) is 2.27. The first-order valence-electron chi connectivity index (χ1n) is 5.94. The second kappa shape index (κ2) is 4.14. The van der Waals surface area contributed by atoms with Gasteiger partial charge < -0.3 is 5.32 Å². The number of hydrogen-bond donors (Lipinski definition) is 1. The number of hydrogen-bond acceptors (Lipinski definition) is 3. The summed E-state index contributed by atoms with van der Waals surface area (Å²) >= 11 is 0. The summed E-state index contributed by atoms with van der Waals surface area (Å²) in [5, 5.41) is 3.42. The van der Waals surface area contributed by atoms with E-state index in [-0.39, 0.29) is 16.8 Å². The minimum absolute atomic E-state index is 0.178. The van der Waals surface area contributed by atoms with Gasteiger partial charge >= 0.3 is 5.69 Å². The molecule has 1 aromatic heterocycles. The molecule has 0 atom stereocenters. The van der Waals surface area contributed by atoms with Gasteiger partial charge in [0.05, 0.1) is 0 Å². The van der Waals surface area contributed by atoms with Gasteiger partial charge in [-0.05, 0) is 26.2 Å². The van der Waals surface area contributed by atoms with Crippen molar-refractivity contribution in [1.29, 1.82) is 0 Å². The van der Waals surface area contributed by atoms with Crippen molar-refractivity contribution in [2.24, 2.45) is 14.1 Å². The molecule has 1 aliphatic rings. The molecule has 94 valence electrons. The van der Waals surface area contributed by atoms with Crippen molar-refractivity contribution in [3.05, 3.63) is 32.6 Å². The lowest BCUT2D eigenvalue weighted by Gasteiger charge is -2.39. The van der Waals surface area contributed by atoms with Crippen molar-refractivity contribution in [3.8, 4) is 0 Å². The van der Waals surface area contributed by atoms with Crippen LogP contribution in [0.1, 0.15) is 31.9 Å². The van der Waals surface area contributed by atoms with Gasteiger partial charge in [-0.2, -0.15) is 0 Å². The maximum atomic E-state index is 11.7. The molecule has 17 heavy (non-hydrogen) atoms. The summed E-state index contributed by atoms with van der Waals surface area (Å²) in [6.07, 6.45) is 3.57. The highest BCUT2D eigenvalue weighted by molar-refractivity contribution is 5.04. The molecule has 0 amide bonds. The van der Waals surface area contributed by atoms with E-state index in [0.29, 0.717) is 6.54 Å². The van der Waals surface area contributed by atoms with E-state index in [0.717, 1.165) is 23.1 Å². The van der Waals surface area contributed by atoms with E-state index in [9.17, 15) is 9.59 Å². The van der Waals surface area contributed by atoms with Gasteiger partial charge in [0.1, 0.15) is 0 Å². The fraction of sp³-hybridized carbons (Fsp3) is 0.667. The van der Waals surface area contributed by atoms with E-state index in [4.69, 9.17) is 0 Å². The second-order valence-electron chi connectivity index (χ2n) is 5.14. The molecule has 1 fully saturated rings. The van der Waals surface area contributed by atoms with Crippen LogP contribution in [0.4, 0.5) is 0 Å². The molecule has 1 heterocycles. The lowest BCUT2D eigenvalue weighted by molar-refractivity contribution is 0.205. The Morgan fingerprint density at radius 3 is 2.47 bits per heavy atom. The highest BCUT2D eigenvalue weighted by Gasteiger charge is 2.30. The van der Waals surface area contributed by atoms with Crippen LogP contribution in [-0.4, -0.2) is 14.7 Å². The Kier molecular flexibility index (Phi) is 2.95. The SMILES string of the molecule is Cn1c(CNC2(C)CCC2)cc(=O)n(C)c1=O. The van der Waals surface area contributed by atoms with E-state index in [1.54, 1.807) is 7.05 Å². The van der Waals surface area contributed by atoms with E-state index in [1.165, 1.54) is 24.1 Å². The topological polar surface area (TPSA) is 56.0 Å². The van der Waals surface area contributed by atoms with Gasteiger partial charge in [-0.3, -0.25) is 13.9 Å². The van der Waals surface area contributed by atoms with Gasteiger partial charge in [0.2, 0.25) is 0 Å². The van der Waals surface area contributed by atoms with Gasteiger partial charge in [0, 0.05) is 37.9 Å². The van der Waals surface area contributed by atoms with Crippen molar-refractivity contribution < 1.29 is 0 Å². The molecular weight excluding hydrogens is 218 g/mol. The number of nitrogens with one attached hydrogen (secondary N) is 1. The molecule has 0 aromatic carbocycles. The molecule has 1 aromatic rings. The molecule has 1 aliphatic carbocycles. The van der Waals surface area contributed by atoms with Crippen molar-refractivity contribution in [1.82, 2.24) is 14.5 Å². The minimum Gasteiger partial charge on any atom is -0.306 e. The summed E-state index contributed by atoms with van der Waals surface area (Å²) in [6, 6.07) is 1.52. The summed E-state index contributed by atoms with van der Waals surface area (Å²) in [5.41, 5.74) is 0.403. The second-order valence-corrected chi connectivity index (χ2v) is 5.14. The Morgan fingerprint density at radius 1 is 1.29 bits per heavy atom. The maximum Gasteiger partial charge on any atom is 0.330 e. The number of rotatable bonds is 3. The zero-order valence-corrected chi connectivity index (χ0v) is 10.6. The smallest absolute Gasteiger partial charge is 0.306 e. The lowest BCUT2D eigenvalue weighted by atomic mass is 9.78. The third kappa shape index (κ3) is 2.20.